The lowest BCUT2D eigenvalue weighted by molar-refractivity contribution is -0.380. The number of ether oxygens (including phenoxy) is 2. The van der Waals surface area contributed by atoms with E-state index in [4.69, 9.17) is 9.47 Å². The van der Waals surface area contributed by atoms with E-state index in [1.165, 1.54) is 50.5 Å². The predicted molar refractivity (Wildman–Crippen MR) is 257 cm³/mol. The molecular formula is C59H86O7. The average molecular weight is 907 g/mol. The highest BCUT2D eigenvalue weighted by Gasteiger charge is 2.89. The number of carboxylic acid groups (broad SMARTS) is 1. The maximum atomic E-state index is 13.7. The number of benzene rings is 1. The highest BCUT2D eigenvalue weighted by Crippen LogP contribution is 2.90. The molecule has 0 amide bonds. The third-order valence-corrected chi connectivity index (χ3v) is 24.9. The van der Waals surface area contributed by atoms with Gasteiger partial charge >= 0.3 is 5.97 Å². The Morgan fingerprint density at radius 1 is 0.818 bits per heavy atom. The fourth-order valence-electron chi connectivity index (χ4n) is 22.0. The van der Waals surface area contributed by atoms with Gasteiger partial charge in [0.15, 0.2) is 5.79 Å². The summed E-state index contributed by atoms with van der Waals surface area (Å²) in [5.41, 5.74) is -1.51. The number of carbonyl (C=O) groups is 1. The summed E-state index contributed by atoms with van der Waals surface area (Å²) < 4.78 is 12.6. The molecule has 1 aliphatic heterocycles. The van der Waals surface area contributed by atoms with Crippen LogP contribution in [0.2, 0.25) is 0 Å². The van der Waals surface area contributed by atoms with Crippen molar-refractivity contribution in [3.8, 4) is 11.8 Å². The van der Waals surface area contributed by atoms with Gasteiger partial charge in [-0.2, -0.15) is 0 Å². The number of aliphatic hydroxyl groups excluding tert-OH is 2. The Labute approximate surface area is 397 Å². The maximum Gasteiger partial charge on any atom is 0.309 e. The van der Waals surface area contributed by atoms with Gasteiger partial charge in [0, 0.05) is 42.1 Å². The molecule has 1 aromatic rings. The van der Waals surface area contributed by atoms with E-state index in [0.29, 0.717) is 30.8 Å². The van der Waals surface area contributed by atoms with E-state index >= 15 is 0 Å². The van der Waals surface area contributed by atoms with Gasteiger partial charge in [0.1, 0.15) is 0 Å². The summed E-state index contributed by atoms with van der Waals surface area (Å²) in [6.45, 7) is 12.6. The molecule has 7 nitrogen and oxygen atoms in total. The molecule has 9 aliphatic carbocycles. The molecular weight excluding hydrogens is 821 g/mol. The molecule has 66 heavy (non-hydrogen) atoms. The van der Waals surface area contributed by atoms with Gasteiger partial charge < -0.3 is 29.9 Å². The Morgan fingerprint density at radius 2 is 1.55 bits per heavy atom. The topological polar surface area (TPSA) is 116 Å². The van der Waals surface area contributed by atoms with E-state index in [1.54, 1.807) is 7.11 Å². The highest BCUT2D eigenvalue weighted by molar-refractivity contribution is 5.75. The van der Waals surface area contributed by atoms with Crippen LogP contribution >= 0.6 is 0 Å². The van der Waals surface area contributed by atoms with Gasteiger partial charge in [-0.25, -0.2) is 0 Å². The van der Waals surface area contributed by atoms with Crippen molar-refractivity contribution in [2.24, 2.45) is 90.7 Å². The molecule has 0 aromatic heterocycles. The normalized spacial score (nSPS) is 53.1. The minimum Gasteiger partial charge on any atom is -0.481 e. The van der Waals surface area contributed by atoms with Crippen LogP contribution in [0.4, 0.5) is 0 Å². The summed E-state index contributed by atoms with van der Waals surface area (Å²) in [6.07, 6.45) is 21.6. The third kappa shape index (κ3) is 5.66. The van der Waals surface area contributed by atoms with E-state index in [0.717, 1.165) is 107 Å². The van der Waals surface area contributed by atoms with Crippen molar-refractivity contribution < 1.29 is 34.7 Å². The Morgan fingerprint density at radius 3 is 2.29 bits per heavy atom. The predicted octanol–water partition coefficient (Wildman–Crippen LogP) is 11.2. The fourth-order valence-corrected chi connectivity index (χ4v) is 22.0. The molecule has 4 N–H and O–H groups in total. The Kier molecular flexibility index (Phi) is 11.1. The average Bonchev–Trinajstić information content (AvgIpc) is 3.84. The first-order valence-corrected chi connectivity index (χ1v) is 27.5. The van der Waals surface area contributed by atoms with Gasteiger partial charge in [0.05, 0.1) is 30.8 Å². The van der Waals surface area contributed by atoms with E-state index in [1.807, 2.05) is 0 Å². The molecule has 0 radical (unpaired) electrons. The van der Waals surface area contributed by atoms with Crippen molar-refractivity contribution in [1.29, 1.82) is 0 Å². The molecule has 9 fully saturated rings. The van der Waals surface area contributed by atoms with Crippen molar-refractivity contribution in [3.63, 3.8) is 0 Å². The summed E-state index contributed by atoms with van der Waals surface area (Å²) in [5.74, 6) is 9.98. The number of hydrogen-bond acceptors (Lipinski definition) is 6. The van der Waals surface area contributed by atoms with Crippen molar-refractivity contribution >= 4 is 5.97 Å². The summed E-state index contributed by atoms with van der Waals surface area (Å²) in [4.78, 5) is 13.7. The van der Waals surface area contributed by atoms with Crippen LogP contribution in [0.1, 0.15) is 181 Å². The fraction of sp³-hybridized carbons (Fsp3) is 0.847. The molecule has 364 valence electrons. The molecule has 19 atom stereocenters. The highest BCUT2D eigenvalue weighted by atomic mass is 16.6. The standard InChI is InChI=1S/C59H86O7/c1-7-10-46-57-31-30-55-24-9-13-41(43-19-18-40-11-8-12-42(40)34-43)22-25-56-44(20-21-45-49(56)51(2,27-29-53(55,56)4)26-28-52(45,3)50(62)63)35-54(55,5)58(57,37-60)47(61)36-59(46,64)66-48(57)33-39-16-14-38(15-17-39)23-32-65-6/h14-17,40-49,60-61,64H,7-8,10-13,18-23,25-37H2,1-6H3,(H,62,63)/t40-,41-,42+,43+,44-,45+,46+,47-,48+,49+,51+,52+,53+,54+,55+,56-,57+,58-,59-/m0/s1. The Balaban J connectivity index is 1.10. The van der Waals surface area contributed by atoms with Crippen LogP contribution in [0, 0.1) is 103 Å². The van der Waals surface area contributed by atoms with Gasteiger partial charge in [-0.1, -0.05) is 83.6 Å². The molecule has 0 unspecified atom stereocenters. The van der Waals surface area contributed by atoms with Crippen molar-refractivity contribution in [1.82, 2.24) is 0 Å². The second-order valence-electron chi connectivity index (χ2n) is 26.3. The maximum absolute atomic E-state index is 13.7. The summed E-state index contributed by atoms with van der Waals surface area (Å²) in [7, 11) is 1.74. The van der Waals surface area contributed by atoms with Gasteiger partial charge in [-0.3, -0.25) is 4.79 Å². The van der Waals surface area contributed by atoms with Crippen LogP contribution in [0.15, 0.2) is 24.3 Å². The van der Waals surface area contributed by atoms with Crippen molar-refractivity contribution in [3.05, 3.63) is 35.4 Å². The van der Waals surface area contributed by atoms with Crippen LogP contribution < -0.4 is 0 Å². The number of aliphatic carboxylic acids is 1. The number of hydrogen-bond donors (Lipinski definition) is 4. The number of aliphatic hydroxyl groups is 3. The zero-order valence-electron chi connectivity index (χ0n) is 41.8. The number of rotatable bonds is 10. The molecule has 11 rings (SSSR count). The smallest absolute Gasteiger partial charge is 0.309 e. The van der Waals surface area contributed by atoms with E-state index in [2.05, 4.69) is 70.7 Å². The SMILES string of the molecule is CCC[C@@H]1[C@@]23CC[C@]45C#CC[C@H]([C@@H]6CC[C@@H]7CCC[C@@H]7C6)CC[C@]67[C@@H](CC[C@@H]8[C@@H]6[C@@](C)(CC[C@@]74C)CC[C@@]8(C)C(=O)O)C[C@@]5(C)[C@]2(CO)[C@@H](O)C[C@]1(O)O[C@@H]3Cc1ccc(CCOC)cc1. The second kappa shape index (κ2) is 15.8. The largest absolute Gasteiger partial charge is 0.481 e. The molecule has 10 aliphatic rings. The first-order chi connectivity index (χ1) is 31.5. The van der Waals surface area contributed by atoms with Gasteiger partial charge in [-0.15, -0.1) is 5.92 Å². The molecule has 3 spiro atoms. The molecule has 1 aromatic carbocycles. The summed E-state index contributed by atoms with van der Waals surface area (Å²) >= 11 is 0. The first-order valence-electron chi connectivity index (χ1n) is 27.5. The Bertz CT molecular complexity index is 2110. The lowest BCUT2D eigenvalue weighted by atomic mass is 9.19. The third-order valence-electron chi connectivity index (χ3n) is 24.9. The van der Waals surface area contributed by atoms with Crippen LogP contribution in [0.5, 0.6) is 0 Å². The lowest BCUT2D eigenvalue weighted by Gasteiger charge is -2.84. The molecule has 7 heteroatoms. The second-order valence-corrected chi connectivity index (χ2v) is 26.3. The van der Waals surface area contributed by atoms with Gasteiger partial charge in [-0.05, 0) is 190 Å². The molecule has 1 heterocycles. The van der Waals surface area contributed by atoms with Gasteiger partial charge in [0.2, 0.25) is 0 Å². The van der Waals surface area contributed by atoms with Crippen LogP contribution in [0.3, 0.4) is 0 Å². The zero-order chi connectivity index (χ0) is 46.3. The zero-order valence-corrected chi connectivity index (χ0v) is 41.8. The van der Waals surface area contributed by atoms with Crippen LogP contribution in [-0.2, 0) is 27.1 Å². The Hall–Kier alpha value is -1.95. The number of fused-ring (bicyclic) bond motifs is 3. The minimum atomic E-state index is -1.48. The van der Waals surface area contributed by atoms with Crippen LogP contribution in [0.25, 0.3) is 0 Å². The monoisotopic (exact) mass is 907 g/mol. The minimum absolute atomic E-state index is 0.0622. The first kappa shape index (κ1) is 46.4. The molecule has 8 saturated carbocycles. The lowest BCUT2D eigenvalue weighted by Crippen LogP contribution is -2.82. The molecule has 1 saturated heterocycles. The summed E-state index contributed by atoms with van der Waals surface area (Å²) in [6, 6.07) is 8.84. The van der Waals surface area contributed by atoms with E-state index in [-0.39, 0.29) is 53.1 Å². The summed E-state index contributed by atoms with van der Waals surface area (Å²) in [5, 5.41) is 50.5. The molecule has 4 bridgehead atoms. The van der Waals surface area contributed by atoms with E-state index in [9.17, 15) is 25.2 Å². The van der Waals surface area contributed by atoms with Gasteiger partial charge in [0.25, 0.3) is 0 Å². The van der Waals surface area contributed by atoms with Crippen molar-refractivity contribution in [2.75, 3.05) is 20.3 Å². The number of methoxy groups -OCH3 is 1. The van der Waals surface area contributed by atoms with Crippen LogP contribution in [-0.4, -0.2) is 64.7 Å². The van der Waals surface area contributed by atoms with Crippen molar-refractivity contribution in [2.45, 2.75) is 200 Å². The quantitative estimate of drug-likeness (QED) is 0.173. The number of carboxylic acids is 1. The van der Waals surface area contributed by atoms with E-state index < -0.39 is 44.9 Å².